The van der Waals surface area contributed by atoms with E-state index in [-0.39, 0.29) is 26.2 Å². The zero-order chi connectivity index (χ0) is 34.2. The second-order valence-electron chi connectivity index (χ2n) is 13.4. The number of unbranched alkanes of at least 4 members (excludes halogenated alkanes) is 20. The lowest BCUT2D eigenvalue weighted by Gasteiger charge is -2.34. The average molecular weight is 669 g/mol. The summed E-state index contributed by atoms with van der Waals surface area (Å²) in [6.45, 7) is 9.40. The van der Waals surface area contributed by atoms with Gasteiger partial charge >= 0.3 is 17.9 Å². The van der Waals surface area contributed by atoms with Crippen LogP contribution in [0, 0.1) is 0 Å². The number of β-amino-alcohol motifs (C(OH)–C–C–N with tert-alkyl or cyclic N) is 1. The van der Waals surface area contributed by atoms with Crippen molar-refractivity contribution in [3.8, 4) is 0 Å². The van der Waals surface area contributed by atoms with Crippen molar-refractivity contribution in [3.63, 3.8) is 0 Å². The number of carbonyl (C=O) groups is 3. The van der Waals surface area contributed by atoms with Crippen LogP contribution in [0.3, 0.4) is 0 Å². The Bertz CT molecular complexity index is 718. The number of aliphatic hydroxyl groups excluding tert-OH is 1. The summed E-state index contributed by atoms with van der Waals surface area (Å²) >= 11 is 0. The van der Waals surface area contributed by atoms with Crippen LogP contribution >= 0.6 is 0 Å². The lowest BCUT2D eigenvalue weighted by atomic mass is 10.1. The number of hydrogen-bond acceptors (Lipinski definition) is 9. The Morgan fingerprint density at radius 3 is 1.23 bits per heavy atom. The third kappa shape index (κ3) is 25.0. The van der Waals surface area contributed by atoms with E-state index in [2.05, 4.69) is 23.6 Å². The van der Waals surface area contributed by atoms with Gasteiger partial charge in [-0.1, -0.05) is 142 Å². The maximum atomic E-state index is 12.9. The molecule has 47 heavy (non-hydrogen) atoms. The van der Waals surface area contributed by atoms with Crippen molar-refractivity contribution in [2.75, 3.05) is 59.1 Å². The number of rotatable bonds is 32. The third-order valence-electron chi connectivity index (χ3n) is 9.18. The predicted octanol–water partition coefficient (Wildman–Crippen LogP) is 7.61. The summed E-state index contributed by atoms with van der Waals surface area (Å²) < 4.78 is 16.2. The van der Waals surface area contributed by atoms with Crippen LogP contribution in [0.15, 0.2) is 0 Å². The Morgan fingerprint density at radius 1 is 0.532 bits per heavy atom. The Labute approximate surface area is 287 Å². The molecular formula is C38H72N2O7. The lowest BCUT2D eigenvalue weighted by Crippen LogP contribution is -2.47. The van der Waals surface area contributed by atoms with E-state index in [0.717, 1.165) is 64.7 Å². The van der Waals surface area contributed by atoms with Gasteiger partial charge < -0.3 is 24.2 Å². The first kappa shape index (κ1) is 43.3. The van der Waals surface area contributed by atoms with Crippen molar-refractivity contribution in [1.82, 2.24) is 9.80 Å². The molecule has 0 radical (unpaired) electrons. The molecule has 0 unspecified atom stereocenters. The van der Waals surface area contributed by atoms with Gasteiger partial charge in [0.1, 0.15) is 0 Å². The van der Waals surface area contributed by atoms with Crippen molar-refractivity contribution in [2.45, 2.75) is 168 Å². The second kappa shape index (κ2) is 31.6. The minimum atomic E-state index is -1.68. The van der Waals surface area contributed by atoms with Crippen molar-refractivity contribution < 1.29 is 33.7 Å². The molecule has 1 heterocycles. The van der Waals surface area contributed by atoms with E-state index < -0.39 is 24.0 Å². The molecule has 0 aliphatic carbocycles. The van der Waals surface area contributed by atoms with E-state index >= 15 is 0 Å². The number of nitrogens with zero attached hydrogens (tertiary/aromatic N) is 2. The Morgan fingerprint density at radius 2 is 0.872 bits per heavy atom. The van der Waals surface area contributed by atoms with Gasteiger partial charge in [0, 0.05) is 39.3 Å². The van der Waals surface area contributed by atoms with Crippen LogP contribution in [0.1, 0.15) is 162 Å². The van der Waals surface area contributed by atoms with E-state index in [0.29, 0.717) is 13.1 Å². The number of aliphatic hydroxyl groups is 1. The highest BCUT2D eigenvalue weighted by atomic mass is 16.6. The third-order valence-corrected chi connectivity index (χ3v) is 9.18. The number of piperazine rings is 1. The molecule has 1 N–H and O–H groups in total. The average Bonchev–Trinajstić information content (AvgIpc) is 3.07. The van der Waals surface area contributed by atoms with Gasteiger partial charge in [-0.05, 0) is 12.8 Å². The van der Waals surface area contributed by atoms with E-state index in [1.165, 1.54) is 103 Å². The molecule has 1 saturated heterocycles. The zero-order valence-electron chi connectivity index (χ0n) is 30.5. The Balaban J connectivity index is 2.37. The fourth-order valence-corrected chi connectivity index (χ4v) is 6.04. The van der Waals surface area contributed by atoms with Gasteiger partial charge in [-0.2, -0.15) is 0 Å². The first-order valence-corrected chi connectivity index (χ1v) is 19.6. The summed E-state index contributed by atoms with van der Waals surface area (Å²) in [6.07, 6.45) is 24.6. The topological polar surface area (TPSA) is 106 Å². The molecule has 9 nitrogen and oxygen atoms in total. The first-order valence-electron chi connectivity index (χ1n) is 19.6. The largest absolute Gasteiger partial charge is 0.462 e. The van der Waals surface area contributed by atoms with Crippen molar-refractivity contribution in [2.24, 2.45) is 0 Å². The van der Waals surface area contributed by atoms with E-state index in [9.17, 15) is 14.4 Å². The minimum absolute atomic E-state index is 0.0776. The van der Waals surface area contributed by atoms with Crippen molar-refractivity contribution in [3.05, 3.63) is 0 Å². The minimum Gasteiger partial charge on any atom is -0.462 e. The van der Waals surface area contributed by atoms with Crippen LogP contribution in [0.4, 0.5) is 0 Å². The molecular weight excluding hydrogens is 596 g/mol. The normalized spacial score (nSPS) is 14.0. The van der Waals surface area contributed by atoms with Gasteiger partial charge in [-0.3, -0.25) is 9.69 Å². The highest BCUT2D eigenvalue weighted by Gasteiger charge is 2.34. The van der Waals surface area contributed by atoms with Gasteiger partial charge in [0.05, 0.1) is 26.2 Å². The van der Waals surface area contributed by atoms with E-state index in [4.69, 9.17) is 19.3 Å². The quantitative estimate of drug-likeness (QED) is 0.0336. The summed E-state index contributed by atoms with van der Waals surface area (Å²) in [5.74, 6) is -2.29. The van der Waals surface area contributed by atoms with Crippen LogP contribution in [-0.2, 0) is 28.6 Å². The second-order valence-corrected chi connectivity index (χ2v) is 13.4. The first-order chi connectivity index (χ1) is 23.0. The van der Waals surface area contributed by atoms with Gasteiger partial charge in [0.15, 0.2) is 0 Å². The van der Waals surface area contributed by atoms with Gasteiger partial charge in [0.2, 0.25) is 0 Å². The summed E-state index contributed by atoms with van der Waals surface area (Å²) in [5, 5.41) is 9.14. The predicted molar refractivity (Wildman–Crippen MR) is 189 cm³/mol. The van der Waals surface area contributed by atoms with E-state index in [1.807, 2.05) is 0 Å². The molecule has 1 fully saturated rings. The Hall–Kier alpha value is -1.71. The zero-order valence-corrected chi connectivity index (χ0v) is 30.5. The lowest BCUT2D eigenvalue weighted by molar-refractivity contribution is -0.180. The van der Waals surface area contributed by atoms with Crippen LogP contribution < -0.4 is 0 Å². The fourth-order valence-electron chi connectivity index (χ4n) is 6.04. The molecule has 276 valence electrons. The van der Waals surface area contributed by atoms with E-state index in [1.54, 1.807) is 0 Å². The summed E-state index contributed by atoms with van der Waals surface area (Å²) in [4.78, 5) is 42.8. The fraction of sp³-hybridized carbons (Fsp3) is 0.921. The van der Waals surface area contributed by atoms with Crippen LogP contribution in [-0.4, -0.2) is 98.0 Å². The molecule has 0 spiro atoms. The molecule has 0 aromatic rings. The molecule has 0 aromatic carbocycles. The highest BCUT2D eigenvalue weighted by Crippen LogP contribution is 2.14. The summed E-state index contributed by atoms with van der Waals surface area (Å²) in [6, 6.07) is 0. The van der Waals surface area contributed by atoms with Gasteiger partial charge in [0.25, 0.3) is 6.10 Å². The summed E-state index contributed by atoms with van der Waals surface area (Å²) in [5.41, 5.74) is 0. The maximum absolute atomic E-state index is 12.9. The van der Waals surface area contributed by atoms with Crippen molar-refractivity contribution in [1.29, 1.82) is 0 Å². The molecule has 0 amide bonds. The molecule has 1 rings (SSSR count). The van der Waals surface area contributed by atoms with Crippen LogP contribution in [0.25, 0.3) is 0 Å². The van der Waals surface area contributed by atoms with Crippen LogP contribution in [0.2, 0.25) is 0 Å². The maximum Gasteiger partial charge on any atom is 0.359 e. The molecule has 0 saturated carbocycles. The molecule has 0 bridgehead atoms. The molecule has 1 aliphatic heterocycles. The standard InChI is InChI=1S/C38H72N2O7/c1-3-5-7-9-11-13-15-17-19-21-23-33-45-37(43)36(47-35(42)25-26-39-27-29-40(30-28-39)31-32-41)38(44)46-34-24-22-20-18-16-14-12-10-8-6-4-2/h36,41H,3-34H2,1-2H3. The number of carbonyl (C=O) groups excluding carboxylic acids is 3. The monoisotopic (exact) mass is 669 g/mol. The highest BCUT2D eigenvalue weighted by molar-refractivity contribution is 5.99. The van der Waals surface area contributed by atoms with Crippen molar-refractivity contribution >= 4 is 17.9 Å². The number of esters is 3. The van der Waals surface area contributed by atoms with Gasteiger partial charge in [-0.25, -0.2) is 9.59 Å². The van der Waals surface area contributed by atoms with Crippen LogP contribution in [0.5, 0.6) is 0 Å². The SMILES string of the molecule is CCCCCCCCCCCCCOC(=O)C(OC(=O)CCN1CCN(CCO)CC1)C(=O)OCCCCCCCCCCCCC. The molecule has 9 heteroatoms. The number of hydrogen-bond donors (Lipinski definition) is 1. The Kier molecular flexibility index (Phi) is 29.1. The van der Waals surface area contributed by atoms with Gasteiger partial charge in [-0.15, -0.1) is 0 Å². The molecule has 0 atom stereocenters. The summed E-state index contributed by atoms with van der Waals surface area (Å²) in [7, 11) is 0. The molecule has 1 aliphatic rings. The molecule has 0 aromatic heterocycles. The smallest absolute Gasteiger partial charge is 0.359 e. The number of ether oxygens (including phenoxy) is 3.